The average molecular weight is 355 g/mol. The van der Waals surface area contributed by atoms with E-state index >= 15 is 0 Å². The van der Waals surface area contributed by atoms with Crippen LogP contribution in [0.5, 0.6) is 0 Å². The number of thioether (sulfide) groups is 4. The molecule has 0 amide bonds. The lowest BCUT2D eigenvalue weighted by atomic mass is 10.3. The first-order valence-corrected chi connectivity index (χ1v) is 12.2. The summed E-state index contributed by atoms with van der Waals surface area (Å²) in [5, 5.41) is 2.40. The van der Waals surface area contributed by atoms with Crippen molar-refractivity contribution in [1.29, 1.82) is 0 Å². The molecule has 0 spiro atoms. The van der Waals surface area contributed by atoms with Crippen molar-refractivity contribution in [3.8, 4) is 0 Å². The summed E-state index contributed by atoms with van der Waals surface area (Å²) in [4.78, 5) is 0. The molecule has 0 aliphatic rings. The zero-order valence-electron chi connectivity index (χ0n) is 14.2. The van der Waals surface area contributed by atoms with Gasteiger partial charge in [-0.05, 0) is 23.8 Å². The maximum absolute atomic E-state index is 2.39. The molecule has 0 heterocycles. The topological polar surface area (TPSA) is 0 Å². The van der Waals surface area contributed by atoms with Gasteiger partial charge in [0.15, 0.2) is 0 Å². The highest BCUT2D eigenvalue weighted by Crippen LogP contribution is 2.25. The smallest absolute Gasteiger partial charge is 0.0110 e. The van der Waals surface area contributed by atoms with Crippen LogP contribution in [0.4, 0.5) is 0 Å². The Kier molecular flexibility index (Phi) is 15.0. The lowest BCUT2D eigenvalue weighted by Gasteiger charge is -2.17. The Morgan fingerprint density at radius 3 is 1.55 bits per heavy atom. The molecule has 0 bridgehead atoms. The molecule has 20 heavy (non-hydrogen) atoms. The second-order valence-corrected chi connectivity index (χ2v) is 11.5. The van der Waals surface area contributed by atoms with Gasteiger partial charge >= 0.3 is 0 Å². The summed E-state index contributed by atoms with van der Waals surface area (Å²) in [7, 11) is 0. The van der Waals surface area contributed by atoms with Crippen LogP contribution in [0.15, 0.2) is 0 Å². The van der Waals surface area contributed by atoms with Gasteiger partial charge in [0.1, 0.15) is 0 Å². The Morgan fingerprint density at radius 2 is 1.10 bits per heavy atom. The second-order valence-electron chi connectivity index (χ2n) is 5.90. The molecule has 0 aromatic heterocycles. The van der Waals surface area contributed by atoms with Crippen LogP contribution in [0, 0.1) is 5.92 Å². The van der Waals surface area contributed by atoms with Crippen molar-refractivity contribution in [3.63, 3.8) is 0 Å². The fourth-order valence-electron chi connectivity index (χ4n) is 1.49. The minimum atomic E-state index is 0.792. The highest BCUT2D eigenvalue weighted by atomic mass is 32.2. The molecule has 0 N–H and O–H groups in total. The summed E-state index contributed by atoms with van der Waals surface area (Å²) in [6.07, 6.45) is 1.31. The molecule has 0 aromatic rings. The summed E-state index contributed by atoms with van der Waals surface area (Å²) in [6.45, 7) is 14.0. The van der Waals surface area contributed by atoms with Gasteiger partial charge in [0.05, 0.1) is 0 Å². The van der Waals surface area contributed by atoms with Gasteiger partial charge in [0.25, 0.3) is 0 Å². The molecular formula is C16H34S4. The zero-order chi connectivity index (χ0) is 15.4. The van der Waals surface area contributed by atoms with Crippen LogP contribution >= 0.6 is 47.0 Å². The summed E-state index contributed by atoms with van der Waals surface area (Å²) >= 11 is 8.56. The van der Waals surface area contributed by atoms with E-state index in [0.29, 0.717) is 0 Å². The predicted octanol–water partition coefficient (Wildman–Crippen LogP) is 6.15. The highest BCUT2D eigenvalue weighted by molar-refractivity contribution is 8.06. The molecule has 0 saturated carbocycles. The molecule has 0 aliphatic heterocycles. The molecule has 0 aromatic carbocycles. The Bertz CT molecular complexity index is 209. The molecule has 0 aliphatic carbocycles. The SMILES string of the molecule is CCCSCC(C)SCC(C)SCC(C)SCC(C)C. The van der Waals surface area contributed by atoms with Crippen molar-refractivity contribution in [1.82, 2.24) is 0 Å². The first-order chi connectivity index (χ1) is 9.45. The van der Waals surface area contributed by atoms with Crippen molar-refractivity contribution in [3.05, 3.63) is 0 Å². The van der Waals surface area contributed by atoms with E-state index in [1.54, 1.807) is 0 Å². The van der Waals surface area contributed by atoms with Gasteiger partial charge in [-0.2, -0.15) is 47.0 Å². The minimum absolute atomic E-state index is 0.792. The molecule has 0 rings (SSSR count). The molecule has 122 valence electrons. The molecule has 0 nitrogen and oxygen atoms in total. The van der Waals surface area contributed by atoms with Gasteiger partial charge in [-0.3, -0.25) is 0 Å². The van der Waals surface area contributed by atoms with E-state index in [0.717, 1.165) is 21.7 Å². The van der Waals surface area contributed by atoms with Crippen molar-refractivity contribution in [2.24, 2.45) is 5.92 Å². The minimum Gasteiger partial charge on any atom is -0.161 e. The van der Waals surface area contributed by atoms with Crippen LogP contribution in [-0.4, -0.2) is 44.5 Å². The van der Waals surface area contributed by atoms with E-state index < -0.39 is 0 Å². The molecule has 3 atom stereocenters. The average Bonchev–Trinajstić information content (AvgIpc) is 2.40. The van der Waals surface area contributed by atoms with Crippen molar-refractivity contribution in [2.45, 2.75) is 63.7 Å². The predicted molar refractivity (Wildman–Crippen MR) is 108 cm³/mol. The maximum atomic E-state index is 2.39. The van der Waals surface area contributed by atoms with E-state index in [1.165, 1.54) is 35.2 Å². The fourth-order valence-corrected chi connectivity index (χ4v) is 6.11. The van der Waals surface area contributed by atoms with Crippen LogP contribution in [0.3, 0.4) is 0 Å². The van der Waals surface area contributed by atoms with Gasteiger partial charge in [-0.1, -0.05) is 41.5 Å². The van der Waals surface area contributed by atoms with Crippen LogP contribution in [0.25, 0.3) is 0 Å². The Labute approximate surface area is 145 Å². The normalized spacial score (nSPS) is 16.4. The number of rotatable bonds is 13. The van der Waals surface area contributed by atoms with Gasteiger partial charge in [0.2, 0.25) is 0 Å². The standard InChI is InChI=1S/C16H34S4/c1-7-8-17-10-14(4)19-12-16(6)20-11-15(5)18-9-13(2)3/h13-16H,7-12H2,1-6H3. The fraction of sp³-hybridized carbons (Fsp3) is 1.00. The molecular weight excluding hydrogens is 320 g/mol. The summed E-state index contributed by atoms with van der Waals surface area (Å²) in [5.74, 6) is 7.37. The largest absolute Gasteiger partial charge is 0.161 e. The number of hydrogen-bond acceptors (Lipinski definition) is 4. The van der Waals surface area contributed by atoms with E-state index in [1.807, 2.05) is 0 Å². The molecule has 0 fully saturated rings. The third-order valence-electron chi connectivity index (χ3n) is 2.65. The maximum Gasteiger partial charge on any atom is 0.0110 e. The first-order valence-electron chi connectivity index (χ1n) is 7.88. The third kappa shape index (κ3) is 14.3. The zero-order valence-corrected chi connectivity index (χ0v) is 17.5. The molecule has 4 heteroatoms. The van der Waals surface area contributed by atoms with Crippen molar-refractivity contribution in [2.75, 3.05) is 28.8 Å². The van der Waals surface area contributed by atoms with Crippen LogP contribution in [0.2, 0.25) is 0 Å². The molecule has 0 saturated heterocycles. The second kappa shape index (κ2) is 14.0. The van der Waals surface area contributed by atoms with E-state index in [-0.39, 0.29) is 0 Å². The van der Waals surface area contributed by atoms with Crippen LogP contribution in [-0.2, 0) is 0 Å². The lowest BCUT2D eigenvalue weighted by Crippen LogP contribution is -2.11. The first kappa shape index (κ1) is 21.4. The van der Waals surface area contributed by atoms with Gasteiger partial charge in [-0.15, -0.1) is 0 Å². The van der Waals surface area contributed by atoms with Gasteiger partial charge < -0.3 is 0 Å². The van der Waals surface area contributed by atoms with Crippen LogP contribution in [0.1, 0.15) is 48.0 Å². The van der Waals surface area contributed by atoms with E-state index in [9.17, 15) is 0 Å². The Morgan fingerprint density at radius 1 is 0.650 bits per heavy atom. The monoisotopic (exact) mass is 354 g/mol. The van der Waals surface area contributed by atoms with E-state index in [2.05, 4.69) is 88.6 Å². The summed E-state index contributed by atoms with van der Waals surface area (Å²) in [6, 6.07) is 0. The third-order valence-corrected chi connectivity index (χ3v) is 9.16. The quantitative estimate of drug-likeness (QED) is 0.363. The molecule has 0 radical (unpaired) electrons. The summed E-state index contributed by atoms with van der Waals surface area (Å²) < 4.78 is 0. The van der Waals surface area contributed by atoms with Crippen molar-refractivity contribution < 1.29 is 0 Å². The Hall–Kier alpha value is 1.40. The number of hydrogen-bond donors (Lipinski definition) is 0. The van der Waals surface area contributed by atoms with Crippen molar-refractivity contribution >= 4 is 47.0 Å². The van der Waals surface area contributed by atoms with Gasteiger partial charge in [0, 0.05) is 33.0 Å². The molecule has 3 unspecified atom stereocenters. The van der Waals surface area contributed by atoms with E-state index in [4.69, 9.17) is 0 Å². The van der Waals surface area contributed by atoms with Crippen LogP contribution < -0.4 is 0 Å². The highest BCUT2D eigenvalue weighted by Gasteiger charge is 2.10. The Balaban J connectivity index is 3.54. The summed E-state index contributed by atoms with van der Waals surface area (Å²) in [5.41, 5.74) is 0. The van der Waals surface area contributed by atoms with Gasteiger partial charge in [-0.25, -0.2) is 0 Å². The lowest BCUT2D eigenvalue weighted by molar-refractivity contribution is 0.748.